The van der Waals surface area contributed by atoms with Gasteiger partial charge in [0, 0.05) is 11.9 Å². The van der Waals surface area contributed by atoms with E-state index in [0.717, 1.165) is 6.07 Å². The van der Waals surface area contributed by atoms with Gasteiger partial charge in [0.15, 0.2) is 0 Å². The van der Waals surface area contributed by atoms with Crippen molar-refractivity contribution in [3.63, 3.8) is 0 Å². The summed E-state index contributed by atoms with van der Waals surface area (Å²) in [5.41, 5.74) is -1.13. The molecule has 1 heterocycles. The number of nitrogens with zero attached hydrogens (tertiary/aromatic N) is 1. The highest BCUT2D eigenvalue weighted by Crippen LogP contribution is 2.34. The van der Waals surface area contributed by atoms with Gasteiger partial charge in [-0.25, -0.2) is 13.4 Å². The van der Waals surface area contributed by atoms with E-state index in [2.05, 4.69) is 9.71 Å². The van der Waals surface area contributed by atoms with Gasteiger partial charge in [-0.3, -0.25) is 4.72 Å². The fraction of sp³-hybridized carbons (Fsp3) is 0.154. The number of nitrogens with one attached hydrogen (secondary N) is 1. The van der Waals surface area contributed by atoms with Gasteiger partial charge in [0.05, 0.1) is 5.56 Å². The maximum atomic E-state index is 12.8. The maximum absolute atomic E-state index is 12.8. The van der Waals surface area contributed by atoms with Crippen LogP contribution in [0.15, 0.2) is 41.4 Å². The summed E-state index contributed by atoms with van der Waals surface area (Å²) in [6.45, 7) is 1.29. The van der Waals surface area contributed by atoms with Crippen LogP contribution in [0.2, 0.25) is 5.15 Å². The molecule has 1 aromatic heterocycles. The van der Waals surface area contributed by atoms with Crippen LogP contribution in [0.5, 0.6) is 0 Å². The number of sulfonamides is 1. The highest BCUT2D eigenvalue weighted by Gasteiger charge is 2.33. The van der Waals surface area contributed by atoms with Crippen molar-refractivity contribution in [2.24, 2.45) is 0 Å². The highest BCUT2D eigenvalue weighted by atomic mass is 35.5. The van der Waals surface area contributed by atoms with Crippen molar-refractivity contribution < 1.29 is 21.6 Å². The predicted octanol–water partition coefficient (Wildman–Crippen LogP) is 3.86. The van der Waals surface area contributed by atoms with Crippen LogP contribution in [0.4, 0.5) is 18.9 Å². The van der Waals surface area contributed by atoms with Gasteiger partial charge in [0.1, 0.15) is 10.0 Å². The van der Waals surface area contributed by atoms with E-state index in [-0.39, 0.29) is 21.3 Å². The van der Waals surface area contributed by atoms with Crippen LogP contribution in [0.3, 0.4) is 0 Å². The topological polar surface area (TPSA) is 59.1 Å². The van der Waals surface area contributed by atoms with Gasteiger partial charge >= 0.3 is 6.18 Å². The Labute approximate surface area is 130 Å². The lowest BCUT2D eigenvalue weighted by Gasteiger charge is -2.14. The molecule has 4 nitrogen and oxygen atoms in total. The molecular formula is C13H10ClF3N2O2S. The van der Waals surface area contributed by atoms with E-state index < -0.39 is 21.8 Å². The molecule has 9 heteroatoms. The van der Waals surface area contributed by atoms with Gasteiger partial charge in [0.25, 0.3) is 10.0 Å². The van der Waals surface area contributed by atoms with E-state index in [1.165, 1.54) is 37.4 Å². The quantitative estimate of drug-likeness (QED) is 0.855. The summed E-state index contributed by atoms with van der Waals surface area (Å²) >= 11 is 5.69. The van der Waals surface area contributed by atoms with Crippen molar-refractivity contribution in [2.75, 3.05) is 4.72 Å². The van der Waals surface area contributed by atoms with Gasteiger partial charge in [-0.1, -0.05) is 17.7 Å². The number of aryl methyl sites for hydroxylation is 1. The van der Waals surface area contributed by atoms with Crippen molar-refractivity contribution in [1.29, 1.82) is 0 Å². The van der Waals surface area contributed by atoms with E-state index in [1.54, 1.807) is 0 Å². The molecule has 1 aromatic carbocycles. The van der Waals surface area contributed by atoms with Gasteiger partial charge in [0.2, 0.25) is 0 Å². The van der Waals surface area contributed by atoms with Gasteiger partial charge in [-0.2, -0.15) is 13.2 Å². The molecule has 1 N–H and O–H groups in total. The second-order valence-electron chi connectivity index (χ2n) is 4.43. The second-order valence-corrected chi connectivity index (χ2v) is 6.43. The summed E-state index contributed by atoms with van der Waals surface area (Å²) in [6, 6.07) is 5.72. The van der Waals surface area contributed by atoms with Gasteiger partial charge in [-0.05, 0) is 36.8 Å². The number of hydrogen-bond acceptors (Lipinski definition) is 3. The van der Waals surface area contributed by atoms with Crippen molar-refractivity contribution in [3.05, 3.63) is 52.8 Å². The lowest BCUT2D eigenvalue weighted by atomic mass is 10.1. The molecule has 0 amide bonds. The number of pyridine rings is 1. The average molecular weight is 351 g/mol. The first kappa shape index (κ1) is 16.6. The Morgan fingerprint density at radius 3 is 2.50 bits per heavy atom. The standard InChI is InChI=1S/C13H10ClF3N2O2S/c1-8-4-5-9(7-10(8)13(15,16)17)19-22(20,21)11-3-2-6-18-12(11)14/h2-7,19H,1H3. The van der Waals surface area contributed by atoms with Crippen molar-refractivity contribution in [2.45, 2.75) is 18.0 Å². The zero-order chi connectivity index (χ0) is 16.5. The number of alkyl halides is 3. The summed E-state index contributed by atoms with van der Waals surface area (Å²) in [6.07, 6.45) is -3.27. The molecule has 0 saturated carbocycles. The van der Waals surface area contributed by atoms with E-state index >= 15 is 0 Å². The minimum atomic E-state index is -4.57. The Bertz CT molecular complexity index is 807. The summed E-state index contributed by atoms with van der Waals surface area (Å²) in [7, 11) is -4.13. The minimum absolute atomic E-state index is 0.00476. The minimum Gasteiger partial charge on any atom is -0.280 e. The molecule has 0 radical (unpaired) electrons. The van der Waals surface area contributed by atoms with Crippen molar-refractivity contribution in [1.82, 2.24) is 4.98 Å². The third-order valence-corrected chi connectivity index (χ3v) is 4.64. The first-order chi connectivity index (χ1) is 10.1. The monoisotopic (exact) mass is 350 g/mol. The fourth-order valence-corrected chi connectivity index (χ4v) is 3.28. The number of aromatic nitrogens is 1. The molecule has 0 fully saturated rings. The first-order valence-electron chi connectivity index (χ1n) is 5.92. The zero-order valence-electron chi connectivity index (χ0n) is 11.1. The van der Waals surface area contributed by atoms with E-state index in [4.69, 9.17) is 11.6 Å². The molecule has 0 aliphatic carbocycles. The SMILES string of the molecule is Cc1ccc(NS(=O)(=O)c2cccnc2Cl)cc1C(F)(F)F. The Morgan fingerprint density at radius 2 is 1.91 bits per heavy atom. The number of benzene rings is 1. The van der Waals surface area contributed by atoms with Crippen LogP contribution >= 0.6 is 11.6 Å². The van der Waals surface area contributed by atoms with Crippen LogP contribution in [0, 0.1) is 6.92 Å². The molecule has 2 rings (SSSR count). The summed E-state index contributed by atoms with van der Waals surface area (Å²) < 4.78 is 64.9. The number of rotatable bonds is 3. The van der Waals surface area contributed by atoms with Crippen molar-refractivity contribution in [3.8, 4) is 0 Å². The van der Waals surface area contributed by atoms with Crippen LogP contribution in [0.25, 0.3) is 0 Å². The van der Waals surface area contributed by atoms with Crippen LogP contribution in [0.1, 0.15) is 11.1 Å². The van der Waals surface area contributed by atoms with E-state index in [1.807, 2.05) is 0 Å². The Hall–Kier alpha value is -1.80. The van der Waals surface area contributed by atoms with Gasteiger partial charge in [-0.15, -0.1) is 0 Å². The van der Waals surface area contributed by atoms with Gasteiger partial charge < -0.3 is 0 Å². The van der Waals surface area contributed by atoms with Crippen LogP contribution in [-0.4, -0.2) is 13.4 Å². The smallest absolute Gasteiger partial charge is 0.280 e. The first-order valence-corrected chi connectivity index (χ1v) is 7.78. The zero-order valence-corrected chi connectivity index (χ0v) is 12.7. The average Bonchev–Trinajstić information content (AvgIpc) is 2.39. The summed E-state index contributed by atoms with van der Waals surface area (Å²) in [4.78, 5) is 3.31. The highest BCUT2D eigenvalue weighted by molar-refractivity contribution is 7.92. The normalized spacial score (nSPS) is 12.2. The summed E-state index contributed by atoms with van der Waals surface area (Å²) in [5, 5.41) is -0.266. The Morgan fingerprint density at radius 1 is 1.23 bits per heavy atom. The molecule has 0 aliphatic heterocycles. The fourth-order valence-electron chi connectivity index (χ4n) is 1.77. The third kappa shape index (κ3) is 3.50. The molecule has 0 unspecified atom stereocenters. The largest absolute Gasteiger partial charge is 0.416 e. The molecule has 0 spiro atoms. The lowest BCUT2D eigenvalue weighted by molar-refractivity contribution is -0.138. The second kappa shape index (κ2) is 5.77. The summed E-state index contributed by atoms with van der Waals surface area (Å²) in [5.74, 6) is 0. The molecule has 118 valence electrons. The Balaban J connectivity index is 2.41. The molecule has 2 aromatic rings. The third-order valence-electron chi connectivity index (χ3n) is 2.81. The Kier molecular flexibility index (Phi) is 4.35. The number of anilines is 1. The lowest BCUT2D eigenvalue weighted by Crippen LogP contribution is -2.15. The van der Waals surface area contributed by atoms with Crippen molar-refractivity contribution >= 4 is 27.3 Å². The maximum Gasteiger partial charge on any atom is 0.416 e. The number of hydrogen-bond donors (Lipinski definition) is 1. The molecule has 0 atom stereocenters. The van der Waals surface area contributed by atoms with E-state index in [0.29, 0.717) is 0 Å². The number of halogens is 4. The van der Waals surface area contributed by atoms with Crippen LogP contribution < -0.4 is 4.72 Å². The van der Waals surface area contributed by atoms with E-state index in [9.17, 15) is 21.6 Å². The molecule has 0 bridgehead atoms. The molecule has 22 heavy (non-hydrogen) atoms. The predicted molar refractivity (Wildman–Crippen MR) is 76.2 cm³/mol. The van der Waals surface area contributed by atoms with Crippen LogP contribution in [-0.2, 0) is 16.2 Å². The molecular weight excluding hydrogens is 341 g/mol. The molecule has 0 saturated heterocycles. The molecule has 0 aliphatic rings.